The standard InChI is InChI=1S/2C30H24ClN3O2/c2*1-30(2,3)28-25-23(17-9-15-20(36-4)16-10-17)24-26(21-7-5-6-8-22(21)27(24)35)32-29(25)34(33-28)19-13-11-18(31)12-14-19/h2*5-16H,1-4H3. The molecule has 12 heteroatoms. The zero-order valence-corrected chi connectivity index (χ0v) is 42.4. The van der Waals surface area contributed by atoms with E-state index in [1.165, 1.54) is 0 Å². The van der Waals surface area contributed by atoms with Crippen molar-refractivity contribution in [3.8, 4) is 67.6 Å². The summed E-state index contributed by atoms with van der Waals surface area (Å²) in [5.74, 6) is 1.48. The molecule has 2 aliphatic rings. The summed E-state index contributed by atoms with van der Waals surface area (Å²) in [5.41, 5.74) is 13.4. The first-order valence-corrected chi connectivity index (χ1v) is 24.3. The number of pyridine rings is 2. The number of hydrogen-bond acceptors (Lipinski definition) is 8. The van der Waals surface area contributed by atoms with Gasteiger partial charge in [-0.1, -0.05) is 138 Å². The van der Waals surface area contributed by atoms with Gasteiger partial charge in [0.2, 0.25) is 0 Å². The van der Waals surface area contributed by atoms with Crippen molar-refractivity contribution in [2.75, 3.05) is 14.2 Å². The molecule has 356 valence electrons. The summed E-state index contributed by atoms with van der Waals surface area (Å²) in [5, 5.41) is 13.2. The Morgan fingerprint density at radius 2 is 0.764 bits per heavy atom. The maximum absolute atomic E-state index is 13.8. The highest BCUT2D eigenvalue weighted by Gasteiger charge is 2.38. The number of rotatable bonds is 6. The average Bonchev–Trinajstić information content (AvgIpc) is 4.12. The lowest BCUT2D eigenvalue weighted by molar-refractivity contribution is 0.103. The van der Waals surface area contributed by atoms with E-state index in [0.29, 0.717) is 55.0 Å². The summed E-state index contributed by atoms with van der Waals surface area (Å²) >= 11 is 12.4. The van der Waals surface area contributed by atoms with Crippen molar-refractivity contribution >= 4 is 56.8 Å². The molecule has 2 aliphatic carbocycles. The predicted molar refractivity (Wildman–Crippen MR) is 287 cm³/mol. The number of ketones is 2. The van der Waals surface area contributed by atoms with Crippen LogP contribution in [0.2, 0.25) is 10.0 Å². The van der Waals surface area contributed by atoms with Gasteiger partial charge in [-0.25, -0.2) is 19.3 Å². The Balaban J connectivity index is 0.000000156. The molecular weight excluding hydrogens is 940 g/mol. The van der Waals surface area contributed by atoms with Gasteiger partial charge >= 0.3 is 0 Å². The van der Waals surface area contributed by atoms with Gasteiger partial charge in [-0.05, 0) is 83.9 Å². The zero-order chi connectivity index (χ0) is 50.4. The maximum atomic E-state index is 13.8. The molecule has 0 amide bonds. The van der Waals surface area contributed by atoms with Crippen molar-refractivity contribution in [3.63, 3.8) is 0 Å². The third-order valence-corrected chi connectivity index (χ3v) is 13.8. The molecule has 12 rings (SSSR count). The molecule has 4 aromatic heterocycles. The van der Waals surface area contributed by atoms with E-state index in [4.69, 9.17) is 52.8 Å². The van der Waals surface area contributed by atoms with Crippen LogP contribution in [0.25, 0.3) is 78.2 Å². The molecule has 0 bridgehead atoms. The molecule has 0 N–H and O–H groups in total. The number of methoxy groups -OCH3 is 2. The molecule has 0 saturated carbocycles. The molecule has 10 nitrogen and oxygen atoms in total. The minimum absolute atomic E-state index is 0.0140. The van der Waals surface area contributed by atoms with E-state index in [2.05, 4.69) is 41.5 Å². The molecule has 0 unspecified atom stereocenters. The lowest BCUT2D eigenvalue weighted by Gasteiger charge is -2.18. The van der Waals surface area contributed by atoms with Crippen LogP contribution in [0, 0.1) is 0 Å². The molecule has 6 aromatic carbocycles. The fourth-order valence-electron chi connectivity index (χ4n) is 9.84. The molecule has 72 heavy (non-hydrogen) atoms. The highest BCUT2D eigenvalue weighted by atomic mass is 35.5. The topological polar surface area (TPSA) is 114 Å². The number of nitrogens with zero attached hydrogens (tertiary/aromatic N) is 6. The van der Waals surface area contributed by atoms with Crippen LogP contribution in [0.5, 0.6) is 11.5 Å². The van der Waals surface area contributed by atoms with Crippen molar-refractivity contribution in [3.05, 3.63) is 189 Å². The van der Waals surface area contributed by atoms with Crippen molar-refractivity contribution in [2.24, 2.45) is 0 Å². The molecule has 10 aromatic rings. The van der Waals surface area contributed by atoms with Crippen LogP contribution in [0.15, 0.2) is 146 Å². The number of aromatic nitrogens is 6. The first-order valence-electron chi connectivity index (χ1n) is 23.6. The van der Waals surface area contributed by atoms with Crippen LogP contribution in [0.1, 0.15) is 84.8 Å². The molecule has 0 atom stereocenters. The Bertz CT molecular complexity index is 3570. The van der Waals surface area contributed by atoms with Gasteiger partial charge in [-0.15, -0.1) is 0 Å². The van der Waals surface area contributed by atoms with Gasteiger partial charge in [0.1, 0.15) is 11.5 Å². The van der Waals surface area contributed by atoms with Gasteiger partial charge in [0.05, 0.1) is 70.3 Å². The van der Waals surface area contributed by atoms with E-state index in [0.717, 1.165) is 78.4 Å². The second-order valence-electron chi connectivity index (χ2n) is 20.0. The number of halogens is 2. The summed E-state index contributed by atoms with van der Waals surface area (Å²) in [6.45, 7) is 12.8. The van der Waals surface area contributed by atoms with Crippen LogP contribution >= 0.6 is 23.2 Å². The Hall–Kier alpha value is -7.92. The average molecular weight is 988 g/mol. The number of fused-ring (bicyclic) bond motifs is 8. The number of benzene rings is 6. The van der Waals surface area contributed by atoms with Crippen LogP contribution < -0.4 is 9.47 Å². The van der Waals surface area contributed by atoms with Gasteiger partial charge in [-0.2, -0.15) is 10.2 Å². The highest BCUT2D eigenvalue weighted by molar-refractivity contribution is 6.31. The van der Waals surface area contributed by atoms with E-state index in [-0.39, 0.29) is 22.4 Å². The smallest absolute Gasteiger partial charge is 0.196 e. The van der Waals surface area contributed by atoms with Crippen molar-refractivity contribution in [1.29, 1.82) is 0 Å². The van der Waals surface area contributed by atoms with Gasteiger partial charge in [0.25, 0.3) is 0 Å². The first-order chi connectivity index (χ1) is 34.5. The number of carbonyl (C=O) groups excluding carboxylic acids is 2. The predicted octanol–water partition coefficient (Wildman–Crippen LogP) is 14.5. The Morgan fingerprint density at radius 3 is 1.08 bits per heavy atom. The summed E-state index contributed by atoms with van der Waals surface area (Å²) in [7, 11) is 3.29. The Kier molecular flexibility index (Phi) is 11.3. The maximum Gasteiger partial charge on any atom is 0.196 e. The third-order valence-electron chi connectivity index (χ3n) is 13.3. The van der Waals surface area contributed by atoms with E-state index >= 15 is 0 Å². The molecule has 0 radical (unpaired) electrons. The Labute approximate surface area is 426 Å². The minimum atomic E-state index is -0.304. The second-order valence-corrected chi connectivity index (χ2v) is 20.9. The lowest BCUT2D eigenvalue weighted by Crippen LogP contribution is -2.13. The third kappa shape index (κ3) is 7.64. The van der Waals surface area contributed by atoms with Crippen LogP contribution in [-0.4, -0.2) is 55.3 Å². The monoisotopic (exact) mass is 986 g/mol. The molecule has 4 heterocycles. The second kappa shape index (κ2) is 17.4. The van der Waals surface area contributed by atoms with Crippen LogP contribution in [0.4, 0.5) is 0 Å². The molecule has 0 spiro atoms. The number of carbonyl (C=O) groups is 2. The normalized spacial score (nSPS) is 12.6. The fraction of sp³-hybridized carbons (Fsp3) is 0.167. The van der Waals surface area contributed by atoms with Crippen LogP contribution in [0.3, 0.4) is 0 Å². The van der Waals surface area contributed by atoms with E-state index in [1.54, 1.807) is 14.2 Å². The van der Waals surface area contributed by atoms with E-state index in [1.807, 2.05) is 155 Å². The number of ether oxygens (including phenoxy) is 2. The Morgan fingerprint density at radius 1 is 0.431 bits per heavy atom. The zero-order valence-electron chi connectivity index (χ0n) is 40.9. The minimum Gasteiger partial charge on any atom is -0.497 e. The molecule has 0 aliphatic heterocycles. The lowest BCUT2D eigenvalue weighted by atomic mass is 9.86. The molecule has 0 fully saturated rings. The van der Waals surface area contributed by atoms with E-state index < -0.39 is 0 Å². The fourth-order valence-corrected chi connectivity index (χ4v) is 10.1. The summed E-state index contributed by atoms with van der Waals surface area (Å²) in [4.78, 5) is 37.9. The largest absolute Gasteiger partial charge is 0.497 e. The van der Waals surface area contributed by atoms with Gasteiger partial charge in [0.15, 0.2) is 22.9 Å². The highest BCUT2D eigenvalue weighted by Crippen LogP contribution is 2.49. The van der Waals surface area contributed by atoms with Gasteiger partial charge in [0, 0.05) is 54.3 Å². The van der Waals surface area contributed by atoms with Gasteiger partial charge in [-0.3, -0.25) is 9.59 Å². The van der Waals surface area contributed by atoms with E-state index in [9.17, 15) is 9.59 Å². The first kappa shape index (κ1) is 46.5. The van der Waals surface area contributed by atoms with Crippen LogP contribution in [-0.2, 0) is 10.8 Å². The number of hydrogen-bond donors (Lipinski definition) is 0. The quantitative estimate of drug-likeness (QED) is 0.162. The summed E-state index contributed by atoms with van der Waals surface area (Å²) in [6, 6.07) is 46.1. The van der Waals surface area contributed by atoms with Gasteiger partial charge < -0.3 is 9.47 Å². The van der Waals surface area contributed by atoms with Crippen molar-refractivity contribution in [1.82, 2.24) is 29.5 Å². The molecular formula is C60H48Cl2N6O4. The summed E-state index contributed by atoms with van der Waals surface area (Å²) in [6.07, 6.45) is 0. The SMILES string of the molecule is COc1ccc(-c2c3c(nc4c2c(C(C)(C)C)nn4-c2ccc(Cl)cc2)-c2ccccc2C3=O)cc1.COc1ccc(-c2c3c(nc4c2c(C(C)(C)C)nn4-c2ccc(Cl)cc2)-c2ccccc2C3=O)cc1. The van der Waals surface area contributed by atoms with Crippen molar-refractivity contribution < 1.29 is 19.1 Å². The van der Waals surface area contributed by atoms with Crippen molar-refractivity contribution in [2.45, 2.75) is 52.4 Å². The molecule has 0 saturated heterocycles. The summed E-state index contributed by atoms with van der Waals surface area (Å²) < 4.78 is 14.5.